The number of nitrogens with one attached hydrogen (secondary N) is 1. The fourth-order valence-electron chi connectivity index (χ4n) is 1.91. The Hall–Kier alpha value is -0.520. The fraction of sp³-hybridized carbons (Fsp3) is 0.538. The molecule has 0 bridgehead atoms. The molecule has 1 aromatic rings. The first-order valence-corrected chi connectivity index (χ1v) is 6.76. The Morgan fingerprint density at radius 3 is 2.44 bits per heavy atom. The average molecular weight is 322 g/mol. The molecule has 0 fully saturated rings. The Balaban J connectivity index is 2.90. The maximum absolute atomic E-state index is 13.9. The largest absolute Gasteiger partial charge is 0.385 e. The molecule has 1 aromatic carbocycles. The van der Waals surface area contributed by atoms with Crippen molar-refractivity contribution in [1.29, 1.82) is 0 Å². The average Bonchev–Trinajstić information content (AvgIpc) is 2.28. The van der Waals surface area contributed by atoms with Gasteiger partial charge in [-0.15, -0.1) is 0 Å². The summed E-state index contributed by atoms with van der Waals surface area (Å²) in [7, 11) is 1.61. The van der Waals surface area contributed by atoms with E-state index in [4.69, 9.17) is 4.74 Å². The van der Waals surface area contributed by atoms with Gasteiger partial charge >= 0.3 is 0 Å². The first kappa shape index (κ1) is 15.5. The Bertz CT molecular complexity index is 364. The highest BCUT2D eigenvalue weighted by Crippen LogP contribution is 2.27. The highest BCUT2D eigenvalue weighted by Gasteiger charge is 2.19. The zero-order valence-electron chi connectivity index (χ0n) is 10.6. The number of hydrogen-bond acceptors (Lipinski definition) is 2. The molecule has 0 saturated heterocycles. The number of halogens is 3. The third-order valence-electron chi connectivity index (χ3n) is 2.68. The van der Waals surface area contributed by atoms with Crippen molar-refractivity contribution >= 4 is 15.9 Å². The van der Waals surface area contributed by atoms with Gasteiger partial charge in [0.1, 0.15) is 11.6 Å². The second-order valence-electron chi connectivity index (χ2n) is 4.03. The van der Waals surface area contributed by atoms with E-state index in [0.717, 1.165) is 6.42 Å². The number of ether oxygens (including phenoxy) is 1. The second-order valence-corrected chi connectivity index (χ2v) is 4.94. The molecule has 1 N–H and O–H groups in total. The van der Waals surface area contributed by atoms with Crippen molar-refractivity contribution in [2.75, 3.05) is 20.3 Å². The van der Waals surface area contributed by atoms with E-state index in [2.05, 4.69) is 21.2 Å². The predicted molar refractivity (Wildman–Crippen MR) is 71.6 cm³/mol. The van der Waals surface area contributed by atoms with E-state index < -0.39 is 11.6 Å². The quantitative estimate of drug-likeness (QED) is 0.771. The van der Waals surface area contributed by atoms with Crippen molar-refractivity contribution in [2.45, 2.75) is 25.8 Å². The zero-order chi connectivity index (χ0) is 13.5. The third kappa shape index (κ3) is 4.30. The molecule has 0 aliphatic rings. The minimum Gasteiger partial charge on any atom is -0.385 e. The van der Waals surface area contributed by atoms with Crippen molar-refractivity contribution < 1.29 is 13.5 Å². The number of hydrogen-bond donors (Lipinski definition) is 1. The van der Waals surface area contributed by atoms with E-state index in [9.17, 15) is 8.78 Å². The van der Waals surface area contributed by atoms with Crippen LogP contribution in [0.3, 0.4) is 0 Å². The molecule has 2 nitrogen and oxygen atoms in total. The van der Waals surface area contributed by atoms with Crippen molar-refractivity contribution in [1.82, 2.24) is 5.32 Å². The lowest BCUT2D eigenvalue weighted by Gasteiger charge is -2.19. The standard InChI is InChI=1S/C13H18BrF2NO/c1-3-17-12(5-4-6-18-2)13-10(15)7-9(14)8-11(13)16/h7-8,12,17H,3-6H2,1-2H3. The third-order valence-corrected chi connectivity index (χ3v) is 3.14. The molecule has 1 unspecified atom stereocenters. The number of benzene rings is 1. The molecular weight excluding hydrogens is 304 g/mol. The molecule has 0 heterocycles. The maximum Gasteiger partial charge on any atom is 0.132 e. The van der Waals surface area contributed by atoms with Crippen molar-refractivity contribution in [3.05, 3.63) is 33.8 Å². The molecule has 0 spiro atoms. The first-order chi connectivity index (χ1) is 8.60. The van der Waals surface area contributed by atoms with Crippen LogP contribution in [0.25, 0.3) is 0 Å². The van der Waals surface area contributed by atoms with Gasteiger partial charge in [-0.25, -0.2) is 8.78 Å². The minimum atomic E-state index is -0.523. The van der Waals surface area contributed by atoms with Gasteiger partial charge in [0.25, 0.3) is 0 Å². The second kappa shape index (κ2) is 7.81. The Kier molecular flexibility index (Phi) is 6.75. The summed E-state index contributed by atoms with van der Waals surface area (Å²) >= 11 is 3.08. The van der Waals surface area contributed by atoms with Crippen molar-refractivity contribution in [3.8, 4) is 0 Å². The van der Waals surface area contributed by atoms with Gasteiger partial charge in [-0.1, -0.05) is 22.9 Å². The van der Waals surface area contributed by atoms with Crippen molar-refractivity contribution in [2.24, 2.45) is 0 Å². The molecule has 0 aliphatic carbocycles. The number of rotatable bonds is 7. The lowest BCUT2D eigenvalue weighted by molar-refractivity contribution is 0.188. The normalized spacial score (nSPS) is 12.7. The summed E-state index contributed by atoms with van der Waals surface area (Å²) in [6.45, 7) is 3.16. The summed E-state index contributed by atoms with van der Waals surface area (Å²) in [5.74, 6) is -1.05. The lowest BCUT2D eigenvalue weighted by atomic mass is 10.0. The molecule has 0 amide bonds. The molecule has 1 rings (SSSR count). The van der Waals surface area contributed by atoms with Crippen LogP contribution in [0.4, 0.5) is 8.78 Å². The molecule has 0 radical (unpaired) electrons. The van der Waals surface area contributed by atoms with Crippen molar-refractivity contribution in [3.63, 3.8) is 0 Å². The van der Waals surface area contributed by atoms with Gasteiger partial charge < -0.3 is 10.1 Å². The van der Waals surface area contributed by atoms with Crippen LogP contribution in [0, 0.1) is 11.6 Å². The predicted octanol–water partition coefficient (Wildman–Crippen LogP) is 3.80. The van der Waals surface area contributed by atoms with Gasteiger partial charge in [-0.2, -0.15) is 0 Å². The van der Waals surface area contributed by atoms with E-state index in [0.29, 0.717) is 24.0 Å². The molecule has 1 atom stereocenters. The number of methoxy groups -OCH3 is 1. The van der Waals surface area contributed by atoms with Gasteiger partial charge in [0.15, 0.2) is 0 Å². The Morgan fingerprint density at radius 1 is 1.33 bits per heavy atom. The van der Waals surface area contributed by atoms with Gasteiger partial charge in [0.05, 0.1) is 0 Å². The Morgan fingerprint density at radius 2 is 1.94 bits per heavy atom. The molecule has 0 aliphatic heterocycles. The summed E-state index contributed by atoms with van der Waals surface area (Å²) < 4.78 is 33.1. The van der Waals surface area contributed by atoms with Crippen LogP contribution in [0.5, 0.6) is 0 Å². The lowest BCUT2D eigenvalue weighted by Crippen LogP contribution is -2.23. The summed E-state index contributed by atoms with van der Waals surface area (Å²) in [4.78, 5) is 0. The van der Waals surface area contributed by atoms with E-state index in [1.165, 1.54) is 12.1 Å². The van der Waals surface area contributed by atoms with Crippen LogP contribution in [0.1, 0.15) is 31.4 Å². The van der Waals surface area contributed by atoms with E-state index in [1.54, 1.807) is 7.11 Å². The highest BCUT2D eigenvalue weighted by atomic mass is 79.9. The van der Waals surface area contributed by atoms with Crippen LogP contribution in [0.2, 0.25) is 0 Å². The molecule has 0 saturated carbocycles. The van der Waals surface area contributed by atoms with Crippen LogP contribution < -0.4 is 5.32 Å². The molecule has 102 valence electrons. The summed E-state index contributed by atoms with van der Waals surface area (Å²) in [5.41, 5.74) is 0.108. The smallest absolute Gasteiger partial charge is 0.132 e. The van der Waals surface area contributed by atoms with Gasteiger partial charge in [0.2, 0.25) is 0 Å². The molecule has 18 heavy (non-hydrogen) atoms. The highest BCUT2D eigenvalue weighted by molar-refractivity contribution is 9.10. The summed E-state index contributed by atoms with van der Waals surface area (Å²) in [5, 5.41) is 3.11. The van der Waals surface area contributed by atoms with E-state index in [-0.39, 0.29) is 11.6 Å². The van der Waals surface area contributed by atoms with Gasteiger partial charge in [-0.3, -0.25) is 0 Å². The summed E-state index contributed by atoms with van der Waals surface area (Å²) in [6, 6.07) is 2.26. The van der Waals surface area contributed by atoms with Crippen LogP contribution in [0.15, 0.2) is 16.6 Å². The van der Waals surface area contributed by atoms with Crippen LogP contribution in [-0.2, 0) is 4.74 Å². The van der Waals surface area contributed by atoms with E-state index >= 15 is 0 Å². The monoisotopic (exact) mass is 321 g/mol. The Labute approximate surface area is 115 Å². The SMILES string of the molecule is CCNC(CCCOC)c1c(F)cc(Br)cc1F. The fourth-order valence-corrected chi connectivity index (χ4v) is 2.31. The minimum absolute atomic E-state index is 0.108. The summed E-state index contributed by atoms with van der Waals surface area (Å²) in [6.07, 6.45) is 1.39. The van der Waals surface area contributed by atoms with Crippen LogP contribution in [-0.4, -0.2) is 20.3 Å². The zero-order valence-corrected chi connectivity index (χ0v) is 12.2. The topological polar surface area (TPSA) is 21.3 Å². The maximum atomic E-state index is 13.9. The molecule has 0 aromatic heterocycles. The first-order valence-electron chi connectivity index (χ1n) is 5.96. The van der Waals surface area contributed by atoms with E-state index in [1.807, 2.05) is 6.92 Å². The van der Waals surface area contributed by atoms with Gasteiger partial charge in [-0.05, 0) is 31.5 Å². The molecular formula is C13H18BrF2NO. The molecule has 5 heteroatoms. The van der Waals surface area contributed by atoms with Gasteiger partial charge in [0, 0.05) is 29.8 Å². The van der Waals surface area contributed by atoms with Crippen LogP contribution >= 0.6 is 15.9 Å².